The van der Waals surface area contributed by atoms with Crippen LogP contribution >= 0.6 is 11.8 Å². The first-order chi connectivity index (χ1) is 8.52. The average Bonchev–Trinajstić information content (AvgIpc) is 2.83. The van der Waals surface area contributed by atoms with Gasteiger partial charge < -0.3 is 14.6 Å². The Morgan fingerprint density at radius 2 is 2.16 bits per heavy atom. The van der Waals surface area contributed by atoms with Gasteiger partial charge in [-0.25, -0.2) is 0 Å². The van der Waals surface area contributed by atoms with E-state index in [0.29, 0.717) is 18.8 Å². The second-order valence-electron chi connectivity index (χ2n) is 5.54. The van der Waals surface area contributed by atoms with Crippen LogP contribution in [0, 0.1) is 55.9 Å². The number of ether oxygens (including phenoxy) is 2. The van der Waals surface area contributed by atoms with Crippen molar-refractivity contribution in [3.05, 3.63) is 0 Å². The summed E-state index contributed by atoms with van der Waals surface area (Å²) in [6.07, 6.45) is 1.59. The average molecular weight is 501 g/mol. The molecule has 0 bridgehead atoms. The summed E-state index contributed by atoms with van der Waals surface area (Å²) in [5.74, 6) is 1.69. The Bertz CT molecular complexity index is 311. The maximum absolute atomic E-state index is 11.7. The minimum atomic E-state index is -0.470. The van der Waals surface area contributed by atoms with Crippen molar-refractivity contribution in [1.82, 2.24) is 0 Å². The van der Waals surface area contributed by atoms with Gasteiger partial charge in [-0.15, -0.1) is 0 Å². The third-order valence-electron chi connectivity index (χ3n) is 3.65. The van der Waals surface area contributed by atoms with Crippen LogP contribution in [0.25, 0.3) is 0 Å². The second-order valence-corrected chi connectivity index (χ2v) is 6.62. The Kier molecular flexibility index (Phi) is 7.84. The van der Waals surface area contributed by atoms with E-state index in [4.69, 9.17) is 9.47 Å². The summed E-state index contributed by atoms with van der Waals surface area (Å²) < 4.78 is 11.2. The third-order valence-corrected chi connectivity index (χ3v) is 4.85. The molecule has 1 heterocycles. The number of aliphatic hydroxyl groups is 1. The Balaban J connectivity index is 0.00000180. The van der Waals surface area contributed by atoms with E-state index in [9.17, 15) is 9.90 Å². The summed E-state index contributed by atoms with van der Waals surface area (Å²) in [7, 11) is 0. The van der Waals surface area contributed by atoms with Crippen molar-refractivity contribution in [3.63, 3.8) is 0 Å². The smallest absolute Gasteiger partial charge is 0.163 e. The largest absolute Gasteiger partial charge is 0.396 e. The number of hydrogen-bond donors (Lipinski definition) is 1. The quantitative estimate of drug-likeness (QED) is 0.619. The van der Waals surface area contributed by atoms with Crippen molar-refractivity contribution in [2.75, 3.05) is 24.7 Å². The summed E-state index contributed by atoms with van der Waals surface area (Å²) in [6.45, 7) is 4.59. The molecule has 2 rings (SSSR count). The molecule has 0 aromatic carbocycles. The molecule has 1 aliphatic heterocycles. The SMILES string of the molecule is CC1(C)OCC(CSCC2C(=O)CCC2CO)O1.[Ac]. The fraction of sp³-hybridized carbons (Fsp3) is 0.923. The zero-order chi connectivity index (χ0) is 13.2. The maximum Gasteiger partial charge on any atom is 0.163 e. The Morgan fingerprint density at radius 3 is 2.74 bits per heavy atom. The molecule has 0 amide bonds. The predicted octanol–water partition coefficient (Wildman–Crippen LogP) is 1.46. The van der Waals surface area contributed by atoms with Gasteiger partial charge >= 0.3 is 0 Å². The van der Waals surface area contributed by atoms with Crippen molar-refractivity contribution in [1.29, 1.82) is 0 Å². The van der Waals surface area contributed by atoms with E-state index in [1.165, 1.54) is 0 Å². The molecule has 0 aromatic rings. The fourth-order valence-corrected chi connectivity index (χ4v) is 3.87. The van der Waals surface area contributed by atoms with Gasteiger partial charge in [0.2, 0.25) is 0 Å². The first-order valence-electron chi connectivity index (χ1n) is 6.55. The third kappa shape index (κ3) is 5.23. The first kappa shape index (κ1) is 18.4. The second kappa shape index (κ2) is 8.10. The van der Waals surface area contributed by atoms with E-state index >= 15 is 0 Å². The number of carbonyl (C=O) groups excluding carboxylic acids is 1. The first-order valence-corrected chi connectivity index (χ1v) is 7.70. The monoisotopic (exact) mass is 501 g/mol. The number of aliphatic hydroxyl groups excluding tert-OH is 1. The molecular formula is C13H22AcO4S. The number of hydrogen-bond acceptors (Lipinski definition) is 5. The molecule has 3 atom stereocenters. The fourth-order valence-electron chi connectivity index (χ4n) is 2.60. The summed E-state index contributed by atoms with van der Waals surface area (Å²) >= 11 is 1.73. The molecule has 6 heteroatoms. The Morgan fingerprint density at radius 1 is 1.42 bits per heavy atom. The number of rotatable bonds is 5. The molecule has 4 nitrogen and oxygen atoms in total. The van der Waals surface area contributed by atoms with Gasteiger partial charge in [-0.05, 0) is 26.2 Å². The summed E-state index contributed by atoms with van der Waals surface area (Å²) in [6, 6.07) is 0. The van der Waals surface area contributed by atoms with Crippen molar-refractivity contribution in [3.8, 4) is 0 Å². The van der Waals surface area contributed by atoms with Crippen molar-refractivity contribution >= 4 is 17.5 Å². The van der Waals surface area contributed by atoms with Crippen LogP contribution in [0.15, 0.2) is 0 Å². The van der Waals surface area contributed by atoms with Gasteiger partial charge in [0.15, 0.2) is 5.79 Å². The molecule has 1 saturated carbocycles. The van der Waals surface area contributed by atoms with Gasteiger partial charge in [0.05, 0.1) is 12.7 Å². The molecule has 0 spiro atoms. The number of Topliss-reactive ketones (excluding diaryl/α,β-unsaturated/α-hetero) is 1. The van der Waals surface area contributed by atoms with Gasteiger partial charge in [-0.3, -0.25) is 4.79 Å². The normalized spacial score (nSPS) is 33.4. The van der Waals surface area contributed by atoms with Crippen LogP contribution in [0.3, 0.4) is 0 Å². The van der Waals surface area contributed by atoms with E-state index < -0.39 is 5.79 Å². The predicted molar refractivity (Wildman–Crippen MR) is 70.5 cm³/mol. The molecule has 3 unspecified atom stereocenters. The van der Waals surface area contributed by atoms with Crippen LogP contribution in [0.4, 0.5) is 0 Å². The summed E-state index contributed by atoms with van der Waals surface area (Å²) in [4.78, 5) is 11.7. The van der Waals surface area contributed by atoms with Crippen molar-refractivity contribution in [2.24, 2.45) is 11.8 Å². The molecule has 1 radical (unpaired) electrons. The van der Waals surface area contributed by atoms with Crippen molar-refractivity contribution < 1.29 is 63.4 Å². The summed E-state index contributed by atoms with van der Waals surface area (Å²) in [5, 5.41) is 9.23. The zero-order valence-corrected chi connectivity index (χ0v) is 17.2. The van der Waals surface area contributed by atoms with Crippen LogP contribution in [0.5, 0.6) is 0 Å². The Labute approximate surface area is 154 Å². The number of carbonyl (C=O) groups is 1. The molecule has 1 aliphatic carbocycles. The van der Waals surface area contributed by atoms with Gasteiger partial charge in [-0.1, -0.05) is 0 Å². The molecular weight excluding hydrogens is 479 g/mol. The van der Waals surface area contributed by atoms with Gasteiger partial charge in [0.25, 0.3) is 0 Å². The molecule has 1 N–H and O–H groups in total. The molecule has 107 valence electrons. The van der Waals surface area contributed by atoms with E-state index in [0.717, 1.165) is 17.9 Å². The van der Waals surface area contributed by atoms with Crippen LogP contribution in [0.1, 0.15) is 26.7 Å². The van der Waals surface area contributed by atoms with Crippen LogP contribution < -0.4 is 0 Å². The van der Waals surface area contributed by atoms with Crippen molar-refractivity contribution in [2.45, 2.75) is 38.6 Å². The van der Waals surface area contributed by atoms with Crippen LogP contribution in [0.2, 0.25) is 0 Å². The molecule has 0 aromatic heterocycles. The van der Waals surface area contributed by atoms with Crippen LogP contribution in [-0.2, 0) is 14.3 Å². The van der Waals surface area contributed by atoms with Gasteiger partial charge in [-0.2, -0.15) is 11.8 Å². The number of ketones is 1. The maximum atomic E-state index is 11.7. The molecule has 2 aliphatic rings. The van der Waals surface area contributed by atoms with Gasteiger partial charge in [0.1, 0.15) is 5.78 Å². The van der Waals surface area contributed by atoms with E-state index in [1.807, 2.05) is 13.8 Å². The minimum absolute atomic E-state index is 0. The molecule has 2 fully saturated rings. The minimum Gasteiger partial charge on any atom is -0.396 e. The molecule has 19 heavy (non-hydrogen) atoms. The van der Waals surface area contributed by atoms with E-state index in [2.05, 4.69) is 0 Å². The van der Waals surface area contributed by atoms with E-state index in [1.54, 1.807) is 11.8 Å². The van der Waals surface area contributed by atoms with Gasteiger partial charge in [0, 0.05) is 74.5 Å². The zero-order valence-electron chi connectivity index (χ0n) is 11.6. The topological polar surface area (TPSA) is 55.8 Å². The van der Waals surface area contributed by atoms with Crippen LogP contribution in [-0.4, -0.2) is 47.5 Å². The standard InChI is InChI=1S/C13H22O4S.Ac/c1-13(2)16-6-10(17-13)7-18-8-11-9(5-14)3-4-12(11)15;/h9-11,14H,3-8H2,1-2H3;. The Hall–Kier alpha value is 1.34. The van der Waals surface area contributed by atoms with E-state index in [-0.39, 0.29) is 68.6 Å². The summed E-state index contributed by atoms with van der Waals surface area (Å²) in [5.41, 5.74) is 0. The number of thioether (sulfide) groups is 1. The molecule has 1 saturated heterocycles.